The molecule has 0 aromatic carbocycles. The van der Waals surface area contributed by atoms with Gasteiger partial charge in [-0.15, -0.1) is 0 Å². The molecule has 0 aliphatic carbocycles. The van der Waals surface area contributed by atoms with E-state index < -0.39 is 15.3 Å². The zero-order valence-electron chi connectivity index (χ0n) is 14.1. The third kappa shape index (κ3) is 6.24. The van der Waals surface area contributed by atoms with Crippen LogP contribution in [0.5, 0.6) is 0 Å². The highest BCUT2D eigenvalue weighted by molar-refractivity contribution is 7.93. The maximum atomic E-state index is 12.6. The number of carbonyl (C=O) groups excluding carboxylic acids is 1. The Kier molecular flexibility index (Phi) is 6.50. The van der Waals surface area contributed by atoms with Crippen LogP contribution in [0, 0.1) is 0 Å². The standard InChI is InChI=1S/C15H30N2O3S/c1-6-7-10-16-21(5,19)13-8-11-17(12-9-13)14(18)20-15(2,3)4/h13H,6-12H2,1-5H3. The monoisotopic (exact) mass is 318 g/mol. The van der Waals surface area contributed by atoms with Crippen molar-refractivity contribution in [2.24, 2.45) is 4.36 Å². The van der Waals surface area contributed by atoms with Crippen LogP contribution >= 0.6 is 0 Å². The summed E-state index contributed by atoms with van der Waals surface area (Å²) in [4.78, 5) is 13.7. The summed E-state index contributed by atoms with van der Waals surface area (Å²) in [5.74, 6) is 0. The van der Waals surface area contributed by atoms with Gasteiger partial charge in [0, 0.05) is 40.9 Å². The highest BCUT2D eigenvalue weighted by Crippen LogP contribution is 2.21. The SMILES string of the molecule is CCCCN=S(C)(=O)C1CCN(C(=O)OC(C)(C)C)CC1. The molecule has 1 aliphatic rings. The van der Waals surface area contributed by atoms with Gasteiger partial charge in [-0.1, -0.05) is 13.3 Å². The van der Waals surface area contributed by atoms with E-state index >= 15 is 0 Å². The Morgan fingerprint density at radius 3 is 2.38 bits per heavy atom. The molecule has 124 valence electrons. The molecular weight excluding hydrogens is 288 g/mol. The Labute approximate surface area is 129 Å². The van der Waals surface area contributed by atoms with Gasteiger partial charge in [0.05, 0.1) is 0 Å². The molecule has 0 radical (unpaired) electrons. The second kappa shape index (κ2) is 7.47. The molecule has 21 heavy (non-hydrogen) atoms. The van der Waals surface area contributed by atoms with Crippen LogP contribution < -0.4 is 0 Å². The molecule has 5 nitrogen and oxygen atoms in total. The van der Waals surface area contributed by atoms with Crippen molar-refractivity contribution in [1.82, 2.24) is 4.90 Å². The first kappa shape index (κ1) is 18.3. The van der Waals surface area contributed by atoms with Crippen molar-refractivity contribution in [3.63, 3.8) is 0 Å². The number of piperidine rings is 1. The van der Waals surface area contributed by atoms with Gasteiger partial charge in [0.1, 0.15) is 5.60 Å². The van der Waals surface area contributed by atoms with Gasteiger partial charge < -0.3 is 9.64 Å². The number of carbonyl (C=O) groups is 1. The number of likely N-dealkylation sites (tertiary alicyclic amines) is 1. The van der Waals surface area contributed by atoms with E-state index in [0.717, 1.165) is 25.7 Å². The zero-order chi connectivity index (χ0) is 16.1. The molecule has 1 atom stereocenters. The summed E-state index contributed by atoms with van der Waals surface area (Å²) in [6, 6.07) is 0. The lowest BCUT2D eigenvalue weighted by Gasteiger charge is -2.33. The number of hydrogen-bond acceptors (Lipinski definition) is 4. The van der Waals surface area contributed by atoms with Gasteiger partial charge >= 0.3 is 6.09 Å². The van der Waals surface area contributed by atoms with E-state index in [1.807, 2.05) is 20.8 Å². The molecule has 1 saturated heterocycles. The van der Waals surface area contributed by atoms with Crippen molar-refractivity contribution in [3.8, 4) is 0 Å². The predicted molar refractivity (Wildman–Crippen MR) is 87.1 cm³/mol. The van der Waals surface area contributed by atoms with Crippen LogP contribution in [0.25, 0.3) is 0 Å². The van der Waals surface area contributed by atoms with E-state index in [-0.39, 0.29) is 11.3 Å². The number of ether oxygens (including phenoxy) is 1. The summed E-state index contributed by atoms with van der Waals surface area (Å²) in [7, 11) is -2.14. The molecule has 1 unspecified atom stereocenters. The number of unbranched alkanes of at least 4 members (excludes halogenated alkanes) is 1. The fraction of sp³-hybridized carbons (Fsp3) is 0.933. The lowest BCUT2D eigenvalue weighted by molar-refractivity contribution is 0.0218. The summed E-state index contributed by atoms with van der Waals surface area (Å²) in [6.07, 6.45) is 5.02. The van der Waals surface area contributed by atoms with Gasteiger partial charge in [0.15, 0.2) is 0 Å². The number of rotatable bonds is 4. The average molecular weight is 318 g/mol. The molecule has 0 bridgehead atoms. The lowest BCUT2D eigenvalue weighted by Crippen LogP contribution is -2.44. The van der Waals surface area contributed by atoms with Crippen LogP contribution in [0.4, 0.5) is 4.79 Å². The van der Waals surface area contributed by atoms with Crippen LogP contribution in [0.2, 0.25) is 0 Å². The van der Waals surface area contributed by atoms with Crippen LogP contribution in [0.3, 0.4) is 0 Å². The van der Waals surface area contributed by atoms with E-state index in [1.54, 1.807) is 11.2 Å². The summed E-state index contributed by atoms with van der Waals surface area (Å²) in [5.41, 5.74) is -0.471. The Bertz CT molecular complexity index is 454. The van der Waals surface area contributed by atoms with Crippen molar-refractivity contribution in [3.05, 3.63) is 0 Å². The van der Waals surface area contributed by atoms with Crippen molar-refractivity contribution >= 4 is 15.8 Å². The fourth-order valence-electron chi connectivity index (χ4n) is 2.31. The fourth-order valence-corrected chi connectivity index (χ4v) is 4.10. The molecule has 1 fully saturated rings. The van der Waals surface area contributed by atoms with Crippen LogP contribution in [0.15, 0.2) is 4.36 Å². The average Bonchev–Trinajstić information content (AvgIpc) is 2.37. The van der Waals surface area contributed by atoms with Gasteiger partial charge in [-0.05, 0) is 40.0 Å². The first-order chi connectivity index (χ1) is 9.65. The molecule has 1 heterocycles. The van der Waals surface area contributed by atoms with Crippen LogP contribution in [-0.2, 0) is 14.5 Å². The highest BCUT2D eigenvalue weighted by atomic mass is 32.2. The first-order valence-electron chi connectivity index (χ1n) is 7.80. The topological polar surface area (TPSA) is 59.0 Å². The minimum atomic E-state index is -2.14. The maximum absolute atomic E-state index is 12.6. The molecule has 0 aromatic rings. The molecule has 6 heteroatoms. The molecule has 0 saturated carbocycles. The zero-order valence-corrected chi connectivity index (χ0v) is 14.9. The summed E-state index contributed by atoms with van der Waals surface area (Å²) >= 11 is 0. The van der Waals surface area contributed by atoms with E-state index in [0.29, 0.717) is 19.6 Å². The van der Waals surface area contributed by atoms with Crippen molar-refractivity contribution in [1.29, 1.82) is 0 Å². The number of hydrogen-bond donors (Lipinski definition) is 0. The quantitative estimate of drug-likeness (QED) is 0.747. The minimum absolute atomic E-state index is 0.0908. The van der Waals surface area contributed by atoms with E-state index in [2.05, 4.69) is 11.3 Å². The Morgan fingerprint density at radius 1 is 1.33 bits per heavy atom. The van der Waals surface area contributed by atoms with Crippen LogP contribution in [-0.4, -0.2) is 51.9 Å². The largest absolute Gasteiger partial charge is 0.444 e. The molecular formula is C15H30N2O3S. The van der Waals surface area contributed by atoms with Crippen molar-refractivity contribution in [2.75, 3.05) is 25.9 Å². The second-order valence-corrected chi connectivity index (χ2v) is 9.38. The first-order valence-corrected chi connectivity index (χ1v) is 9.79. The third-order valence-corrected chi connectivity index (χ3v) is 5.98. The van der Waals surface area contributed by atoms with Crippen molar-refractivity contribution < 1.29 is 13.7 Å². The normalized spacial score (nSPS) is 20.0. The van der Waals surface area contributed by atoms with E-state index in [4.69, 9.17) is 4.74 Å². The summed E-state index contributed by atoms with van der Waals surface area (Å²) in [5, 5.41) is 0.0908. The summed E-state index contributed by atoms with van der Waals surface area (Å²) in [6.45, 7) is 9.58. The molecule has 0 aromatic heterocycles. The predicted octanol–water partition coefficient (Wildman–Crippen LogP) is 3.28. The number of nitrogens with zero attached hydrogens (tertiary/aromatic N) is 2. The number of amides is 1. The summed E-state index contributed by atoms with van der Waals surface area (Å²) < 4.78 is 22.4. The van der Waals surface area contributed by atoms with Gasteiger partial charge in [-0.2, -0.15) is 0 Å². The molecule has 0 N–H and O–H groups in total. The molecule has 1 aliphatic heterocycles. The van der Waals surface area contributed by atoms with Crippen molar-refractivity contribution in [2.45, 2.75) is 64.2 Å². The molecule has 1 rings (SSSR count). The maximum Gasteiger partial charge on any atom is 0.410 e. The Balaban J connectivity index is 2.54. The lowest BCUT2D eigenvalue weighted by atomic mass is 10.1. The second-order valence-electron chi connectivity index (χ2n) is 6.73. The highest BCUT2D eigenvalue weighted by Gasteiger charge is 2.30. The van der Waals surface area contributed by atoms with Gasteiger partial charge in [-0.25, -0.2) is 13.4 Å². The Hall–Kier alpha value is -0.780. The Morgan fingerprint density at radius 2 is 1.90 bits per heavy atom. The molecule has 0 spiro atoms. The smallest absolute Gasteiger partial charge is 0.410 e. The van der Waals surface area contributed by atoms with Gasteiger partial charge in [0.25, 0.3) is 0 Å². The molecule has 1 amide bonds. The van der Waals surface area contributed by atoms with E-state index in [9.17, 15) is 9.00 Å². The minimum Gasteiger partial charge on any atom is -0.444 e. The van der Waals surface area contributed by atoms with Gasteiger partial charge in [-0.3, -0.25) is 0 Å². The van der Waals surface area contributed by atoms with Gasteiger partial charge in [0.2, 0.25) is 0 Å². The van der Waals surface area contributed by atoms with E-state index in [1.165, 1.54) is 0 Å². The third-order valence-electron chi connectivity index (χ3n) is 3.57. The van der Waals surface area contributed by atoms with Crippen LogP contribution in [0.1, 0.15) is 53.4 Å².